The molecule has 4 rings (SSSR count). The molecule has 1 unspecified atom stereocenters. The zero-order chi connectivity index (χ0) is 18.5. The van der Waals surface area contributed by atoms with Gasteiger partial charge in [-0.05, 0) is 25.1 Å². The number of nitrogens with one attached hydrogen (secondary N) is 1. The Bertz CT molecular complexity index is 1010. The van der Waals surface area contributed by atoms with E-state index in [1.807, 2.05) is 0 Å². The first-order valence-corrected chi connectivity index (χ1v) is 8.18. The zero-order valence-electron chi connectivity index (χ0n) is 13.9. The van der Waals surface area contributed by atoms with E-state index in [-0.39, 0.29) is 11.6 Å². The van der Waals surface area contributed by atoms with Crippen molar-refractivity contribution >= 4 is 11.0 Å². The summed E-state index contributed by atoms with van der Waals surface area (Å²) in [7, 11) is 1.61. The molecule has 1 saturated heterocycles. The van der Waals surface area contributed by atoms with Gasteiger partial charge < -0.3 is 9.88 Å². The molecule has 0 spiro atoms. The van der Waals surface area contributed by atoms with Crippen molar-refractivity contribution in [2.45, 2.75) is 18.6 Å². The van der Waals surface area contributed by atoms with Gasteiger partial charge >= 0.3 is 6.18 Å². The third kappa shape index (κ3) is 2.68. The van der Waals surface area contributed by atoms with Crippen LogP contribution in [0.5, 0.6) is 0 Å². The molecule has 3 aromatic rings. The van der Waals surface area contributed by atoms with Gasteiger partial charge in [-0.1, -0.05) is 12.1 Å². The summed E-state index contributed by atoms with van der Waals surface area (Å²) in [5, 5.41) is 7.78. The topological polar surface area (TPSA) is 64.7 Å². The molecule has 1 fully saturated rings. The molecule has 136 valence electrons. The Labute approximate surface area is 146 Å². The molecule has 1 aliphatic heterocycles. The lowest BCUT2D eigenvalue weighted by Gasteiger charge is -2.10. The largest absolute Gasteiger partial charge is 0.416 e. The van der Waals surface area contributed by atoms with Crippen molar-refractivity contribution in [3.05, 3.63) is 46.5 Å². The standard InChI is InChI=1S/C17H16F3N5O/c1-24-9-22-14-13(10-2-4-11(5-3-10)17(18,19)20)23-25(15(14)16(24)26)12-6-7-21-8-12/h2-5,9,12,21H,6-8H2,1H3. The molecule has 6 nitrogen and oxygen atoms in total. The van der Waals surface area contributed by atoms with E-state index < -0.39 is 11.7 Å². The molecular formula is C17H16F3N5O. The lowest BCUT2D eigenvalue weighted by Crippen LogP contribution is -2.22. The van der Waals surface area contributed by atoms with E-state index in [0.29, 0.717) is 28.8 Å². The van der Waals surface area contributed by atoms with Gasteiger partial charge in [-0.25, -0.2) is 4.98 Å². The minimum atomic E-state index is -4.40. The first-order chi connectivity index (χ1) is 12.4. The van der Waals surface area contributed by atoms with E-state index in [1.165, 1.54) is 23.0 Å². The zero-order valence-corrected chi connectivity index (χ0v) is 13.9. The summed E-state index contributed by atoms with van der Waals surface area (Å²) in [6, 6.07) is 4.76. The second-order valence-electron chi connectivity index (χ2n) is 6.37. The second-order valence-corrected chi connectivity index (χ2v) is 6.37. The molecule has 2 aromatic heterocycles. The van der Waals surface area contributed by atoms with Crippen LogP contribution in [0.1, 0.15) is 18.0 Å². The minimum absolute atomic E-state index is 0.0117. The summed E-state index contributed by atoms with van der Waals surface area (Å²) in [5.74, 6) is 0. The van der Waals surface area contributed by atoms with Crippen LogP contribution in [0.2, 0.25) is 0 Å². The summed E-state index contributed by atoms with van der Waals surface area (Å²) in [5.41, 5.74) is 0.728. The predicted octanol–water partition coefficient (Wildman–Crippen LogP) is 2.35. The monoisotopic (exact) mass is 363 g/mol. The Morgan fingerprint density at radius 2 is 1.96 bits per heavy atom. The third-order valence-electron chi connectivity index (χ3n) is 4.63. The van der Waals surface area contributed by atoms with Crippen LogP contribution in [0.25, 0.3) is 22.3 Å². The van der Waals surface area contributed by atoms with Crippen molar-refractivity contribution in [3.8, 4) is 11.3 Å². The van der Waals surface area contributed by atoms with E-state index in [0.717, 1.165) is 25.1 Å². The van der Waals surface area contributed by atoms with Gasteiger partial charge in [-0.2, -0.15) is 18.3 Å². The van der Waals surface area contributed by atoms with E-state index in [2.05, 4.69) is 15.4 Å². The molecule has 0 radical (unpaired) electrons. The van der Waals surface area contributed by atoms with Crippen molar-refractivity contribution in [2.75, 3.05) is 13.1 Å². The van der Waals surface area contributed by atoms with E-state index in [9.17, 15) is 18.0 Å². The van der Waals surface area contributed by atoms with Gasteiger partial charge in [0.2, 0.25) is 0 Å². The van der Waals surface area contributed by atoms with Gasteiger partial charge in [0.1, 0.15) is 11.2 Å². The average molecular weight is 363 g/mol. The molecule has 0 saturated carbocycles. The van der Waals surface area contributed by atoms with Crippen LogP contribution in [0, 0.1) is 0 Å². The fraction of sp³-hybridized carbons (Fsp3) is 0.353. The normalized spacial score (nSPS) is 17.9. The van der Waals surface area contributed by atoms with Gasteiger partial charge in [0.25, 0.3) is 5.56 Å². The number of aromatic nitrogens is 4. The quantitative estimate of drug-likeness (QED) is 0.759. The summed E-state index contributed by atoms with van der Waals surface area (Å²) in [6.45, 7) is 1.50. The van der Waals surface area contributed by atoms with Gasteiger partial charge in [-0.15, -0.1) is 0 Å². The molecule has 1 aromatic carbocycles. The maximum absolute atomic E-state index is 12.8. The molecule has 0 amide bonds. The van der Waals surface area contributed by atoms with Crippen molar-refractivity contribution in [1.82, 2.24) is 24.6 Å². The molecule has 1 N–H and O–H groups in total. The number of aryl methyl sites for hydroxylation is 1. The first-order valence-electron chi connectivity index (χ1n) is 8.18. The number of nitrogens with zero attached hydrogens (tertiary/aromatic N) is 4. The molecule has 26 heavy (non-hydrogen) atoms. The maximum atomic E-state index is 12.8. The summed E-state index contributed by atoms with van der Waals surface area (Å²) < 4.78 is 41.4. The van der Waals surface area contributed by atoms with E-state index >= 15 is 0 Å². The van der Waals surface area contributed by atoms with Crippen molar-refractivity contribution < 1.29 is 13.2 Å². The van der Waals surface area contributed by atoms with Crippen LogP contribution < -0.4 is 10.9 Å². The fourth-order valence-corrected chi connectivity index (χ4v) is 3.24. The Kier molecular flexibility index (Phi) is 3.83. The van der Waals surface area contributed by atoms with Crippen molar-refractivity contribution in [2.24, 2.45) is 7.05 Å². The molecule has 0 aliphatic carbocycles. The number of alkyl halides is 3. The van der Waals surface area contributed by atoms with Gasteiger partial charge in [0, 0.05) is 19.2 Å². The SMILES string of the molecule is Cn1cnc2c(-c3ccc(C(F)(F)F)cc3)nn(C3CCNC3)c2c1=O. The molecule has 3 heterocycles. The predicted molar refractivity (Wildman–Crippen MR) is 89.7 cm³/mol. The number of rotatable bonds is 2. The highest BCUT2D eigenvalue weighted by atomic mass is 19.4. The van der Waals surface area contributed by atoms with Crippen molar-refractivity contribution in [1.29, 1.82) is 0 Å². The van der Waals surface area contributed by atoms with E-state index in [4.69, 9.17) is 0 Å². The molecule has 9 heteroatoms. The number of hydrogen-bond acceptors (Lipinski definition) is 4. The van der Waals surface area contributed by atoms with Crippen LogP contribution >= 0.6 is 0 Å². The average Bonchev–Trinajstić information content (AvgIpc) is 3.25. The number of benzene rings is 1. The number of hydrogen-bond donors (Lipinski definition) is 1. The van der Waals surface area contributed by atoms with E-state index in [1.54, 1.807) is 11.7 Å². The maximum Gasteiger partial charge on any atom is 0.416 e. The highest BCUT2D eigenvalue weighted by Gasteiger charge is 2.30. The minimum Gasteiger partial charge on any atom is -0.315 e. The summed E-state index contributed by atoms with van der Waals surface area (Å²) in [4.78, 5) is 16.9. The first kappa shape index (κ1) is 16.8. The lowest BCUT2D eigenvalue weighted by atomic mass is 10.1. The molecular weight excluding hydrogens is 347 g/mol. The van der Waals surface area contributed by atoms with Crippen molar-refractivity contribution in [3.63, 3.8) is 0 Å². The smallest absolute Gasteiger partial charge is 0.315 e. The highest BCUT2D eigenvalue weighted by Crippen LogP contribution is 2.32. The Morgan fingerprint density at radius 3 is 2.58 bits per heavy atom. The highest BCUT2D eigenvalue weighted by molar-refractivity contribution is 5.89. The van der Waals surface area contributed by atoms with Gasteiger partial charge in [0.15, 0.2) is 5.52 Å². The van der Waals surface area contributed by atoms with Crippen LogP contribution in [0.3, 0.4) is 0 Å². The van der Waals surface area contributed by atoms with Crippen LogP contribution in [-0.4, -0.2) is 32.4 Å². The molecule has 1 atom stereocenters. The van der Waals surface area contributed by atoms with Gasteiger partial charge in [-0.3, -0.25) is 9.48 Å². The van der Waals surface area contributed by atoms with Crippen LogP contribution in [-0.2, 0) is 13.2 Å². The fourth-order valence-electron chi connectivity index (χ4n) is 3.24. The number of halogens is 3. The third-order valence-corrected chi connectivity index (χ3v) is 4.63. The molecule has 0 bridgehead atoms. The second kappa shape index (κ2) is 5.94. The summed E-state index contributed by atoms with van der Waals surface area (Å²) >= 11 is 0. The Balaban J connectivity index is 1.90. The molecule has 1 aliphatic rings. The Hall–Kier alpha value is -2.68. The summed E-state index contributed by atoms with van der Waals surface area (Å²) in [6.07, 6.45) is -2.18. The lowest BCUT2D eigenvalue weighted by molar-refractivity contribution is -0.137. The van der Waals surface area contributed by atoms with Crippen LogP contribution in [0.4, 0.5) is 13.2 Å². The Morgan fingerprint density at radius 1 is 1.23 bits per heavy atom. The van der Waals surface area contributed by atoms with Gasteiger partial charge in [0.05, 0.1) is 17.9 Å². The number of fused-ring (bicyclic) bond motifs is 1. The van der Waals surface area contributed by atoms with Crippen LogP contribution in [0.15, 0.2) is 35.4 Å².